The van der Waals surface area contributed by atoms with E-state index in [2.05, 4.69) is 10.2 Å². The lowest BCUT2D eigenvalue weighted by Gasteiger charge is -2.24. The Balaban J connectivity index is 2.70. The second kappa shape index (κ2) is 4.90. The zero-order valence-corrected chi connectivity index (χ0v) is 11.7. The second-order valence-electron chi connectivity index (χ2n) is 5.21. The number of aromatic nitrogens is 3. The highest BCUT2D eigenvalue weighted by molar-refractivity contribution is 6.31. The van der Waals surface area contributed by atoms with Gasteiger partial charge in [-0.2, -0.15) is 0 Å². The number of aliphatic hydroxyl groups excluding tert-OH is 1. The molecule has 1 aromatic heterocycles. The van der Waals surface area contributed by atoms with E-state index in [-0.39, 0.29) is 22.7 Å². The first kappa shape index (κ1) is 14.0. The first-order valence-electron chi connectivity index (χ1n) is 5.86. The lowest BCUT2D eigenvalue weighted by atomic mass is 10.1. The van der Waals surface area contributed by atoms with Crippen molar-refractivity contribution >= 4 is 11.6 Å². The van der Waals surface area contributed by atoms with E-state index in [1.807, 2.05) is 20.8 Å². The molecule has 1 aromatic carbocycles. The molecule has 0 bridgehead atoms. The first-order valence-corrected chi connectivity index (χ1v) is 6.24. The fourth-order valence-corrected chi connectivity index (χ4v) is 2.15. The smallest absolute Gasteiger partial charge is 0.167 e. The zero-order chi connectivity index (χ0) is 14.2. The summed E-state index contributed by atoms with van der Waals surface area (Å²) >= 11 is 5.79. The minimum absolute atomic E-state index is 0.0338. The van der Waals surface area contributed by atoms with E-state index in [0.29, 0.717) is 11.6 Å². The number of rotatable bonds is 2. The van der Waals surface area contributed by atoms with E-state index in [0.717, 1.165) is 0 Å². The van der Waals surface area contributed by atoms with Gasteiger partial charge in [0, 0.05) is 5.54 Å². The molecule has 0 aliphatic rings. The van der Waals surface area contributed by atoms with Crippen LogP contribution in [0.3, 0.4) is 0 Å². The van der Waals surface area contributed by atoms with Crippen LogP contribution < -0.4 is 0 Å². The van der Waals surface area contributed by atoms with Crippen LogP contribution in [0.15, 0.2) is 18.2 Å². The quantitative estimate of drug-likeness (QED) is 0.922. The molecular formula is C13H15ClFN3O. The summed E-state index contributed by atoms with van der Waals surface area (Å²) < 4.78 is 15.8. The van der Waals surface area contributed by atoms with Crippen LogP contribution in [0.25, 0.3) is 11.4 Å². The molecule has 2 aromatic rings. The summed E-state index contributed by atoms with van der Waals surface area (Å²) in [4.78, 5) is 0. The van der Waals surface area contributed by atoms with Crippen LogP contribution in [0.4, 0.5) is 4.39 Å². The molecule has 4 nitrogen and oxygen atoms in total. The summed E-state index contributed by atoms with van der Waals surface area (Å²) in [6, 6.07) is 4.72. The molecule has 0 spiro atoms. The number of benzene rings is 1. The number of halogens is 2. The monoisotopic (exact) mass is 283 g/mol. The molecule has 102 valence electrons. The van der Waals surface area contributed by atoms with Crippen LogP contribution in [0, 0.1) is 5.82 Å². The minimum Gasteiger partial charge on any atom is -0.388 e. The van der Waals surface area contributed by atoms with Gasteiger partial charge in [0.25, 0.3) is 0 Å². The van der Waals surface area contributed by atoms with E-state index in [1.54, 1.807) is 16.7 Å². The predicted molar refractivity (Wildman–Crippen MR) is 71.3 cm³/mol. The molecule has 1 heterocycles. The summed E-state index contributed by atoms with van der Waals surface area (Å²) in [5, 5.41) is 17.2. The third-order valence-corrected chi connectivity index (χ3v) is 3.03. The van der Waals surface area contributed by atoms with Gasteiger partial charge in [-0.05, 0) is 32.9 Å². The molecule has 0 amide bonds. The van der Waals surface area contributed by atoms with Gasteiger partial charge >= 0.3 is 0 Å². The maximum atomic E-state index is 14.1. The van der Waals surface area contributed by atoms with Gasteiger partial charge in [0.1, 0.15) is 6.61 Å². The Morgan fingerprint density at radius 3 is 2.58 bits per heavy atom. The summed E-state index contributed by atoms with van der Waals surface area (Å²) in [5.41, 5.74) is -0.110. The van der Waals surface area contributed by atoms with Gasteiger partial charge in [-0.15, -0.1) is 10.2 Å². The Morgan fingerprint density at radius 1 is 1.32 bits per heavy atom. The van der Waals surface area contributed by atoms with Gasteiger partial charge in [-0.1, -0.05) is 17.7 Å². The van der Waals surface area contributed by atoms with Crippen molar-refractivity contribution in [3.8, 4) is 11.4 Å². The van der Waals surface area contributed by atoms with E-state index in [1.165, 1.54) is 6.07 Å². The molecule has 0 saturated carbocycles. The Kier molecular flexibility index (Phi) is 3.60. The summed E-state index contributed by atoms with van der Waals surface area (Å²) in [6.45, 7) is 5.54. The molecule has 19 heavy (non-hydrogen) atoms. The van der Waals surface area contributed by atoms with Crippen molar-refractivity contribution in [1.82, 2.24) is 14.8 Å². The van der Waals surface area contributed by atoms with E-state index >= 15 is 0 Å². The standard InChI is InChI=1S/C13H15ClFN3O/c1-13(2,3)18-10(7-19)16-17-12(18)8-5-4-6-9(14)11(8)15/h4-6,19H,7H2,1-3H3. The highest BCUT2D eigenvalue weighted by Crippen LogP contribution is 2.30. The van der Waals surface area contributed by atoms with Gasteiger partial charge in [-0.25, -0.2) is 4.39 Å². The van der Waals surface area contributed by atoms with Crippen LogP contribution >= 0.6 is 11.6 Å². The number of aliphatic hydroxyl groups is 1. The maximum Gasteiger partial charge on any atom is 0.167 e. The molecule has 0 fully saturated rings. The molecular weight excluding hydrogens is 269 g/mol. The highest BCUT2D eigenvalue weighted by Gasteiger charge is 2.25. The molecule has 0 saturated heterocycles. The van der Waals surface area contributed by atoms with Crippen molar-refractivity contribution in [2.75, 3.05) is 0 Å². The summed E-state index contributed by atoms with van der Waals surface area (Å²) in [5.74, 6) is 0.213. The van der Waals surface area contributed by atoms with Crippen LogP contribution in [0.2, 0.25) is 5.02 Å². The fourth-order valence-electron chi connectivity index (χ4n) is 1.97. The van der Waals surface area contributed by atoms with Crippen molar-refractivity contribution < 1.29 is 9.50 Å². The van der Waals surface area contributed by atoms with Gasteiger partial charge in [0.15, 0.2) is 17.5 Å². The van der Waals surface area contributed by atoms with Gasteiger partial charge in [0.2, 0.25) is 0 Å². The number of hydrogen-bond acceptors (Lipinski definition) is 3. The Hall–Kier alpha value is -1.46. The van der Waals surface area contributed by atoms with E-state index in [4.69, 9.17) is 11.6 Å². The molecule has 1 N–H and O–H groups in total. The third kappa shape index (κ3) is 2.48. The average Bonchev–Trinajstić information content (AvgIpc) is 2.76. The van der Waals surface area contributed by atoms with Crippen LogP contribution in [0.1, 0.15) is 26.6 Å². The van der Waals surface area contributed by atoms with Crippen molar-refractivity contribution in [3.05, 3.63) is 34.9 Å². The Bertz CT molecular complexity index is 604. The third-order valence-electron chi connectivity index (χ3n) is 2.73. The molecule has 0 radical (unpaired) electrons. The van der Waals surface area contributed by atoms with Crippen molar-refractivity contribution in [2.24, 2.45) is 0 Å². The molecule has 0 aliphatic heterocycles. The minimum atomic E-state index is -0.536. The van der Waals surface area contributed by atoms with Crippen molar-refractivity contribution in [2.45, 2.75) is 32.9 Å². The second-order valence-corrected chi connectivity index (χ2v) is 5.61. The largest absolute Gasteiger partial charge is 0.388 e. The molecule has 0 aliphatic carbocycles. The zero-order valence-electron chi connectivity index (χ0n) is 11.0. The van der Waals surface area contributed by atoms with E-state index < -0.39 is 5.82 Å². The maximum absolute atomic E-state index is 14.1. The van der Waals surface area contributed by atoms with Gasteiger partial charge in [-0.3, -0.25) is 0 Å². The van der Waals surface area contributed by atoms with Gasteiger partial charge in [0.05, 0.1) is 10.6 Å². The number of nitrogens with zero attached hydrogens (tertiary/aromatic N) is 3. The Morgan fingerprint density at radius 2 is 2.00 bits per heavy atom. The SMILES string of the molecule is CC(C)(C)n1c(CO)nnc1-c1cccc(Cl)c1F. The predicted octanol–water partition coefficient (Wildman–Crippen LogP) is 2.98. The Labute approximate surface area is 115 Å². The van der Waals surface area contributed by atoms with Crippen LogP contribution in [0.5, 0.6) is 0 Å². The van der Waals surface area contributed by atoms with Crippen molar-refractivity contribution in [3.63, 3.8) is 0 Å². The summed E-state index contributed by atoms with van der Waals surface area (Å²) in [6.07, 6.45) is 0. The lowest BCUT2D eigenvalue weighted by molar-refractivity contribution is 0.250. The average molecular weight is 284 g/mol. The lowest BCUT2D eigenvalue weighted by Crippen LogP contribution is -2.25. The van der Waals surface area contributed by atoms with Gasteiger partial charge < -0.3 is 9.67 Å². The molecule has 0 atom stereocenters. The molecule has 0 unspecified atom stereocenters. The topological polar surface area (TPSA) is 50.9 Å². The van der Waals surface area contributed by atoms with E-state index in [9.17, 15) is 9.50 Å². The first-order chi connectivity index (χ1) is 8.86. The van der Waals surface area contributed by atoms with Crippen LogP contribution in [-0.4, -0.2) is 19.9 Å². The highest BCUT2D eigenvalue weighted by atomic mass is 35.5. The van der Waals surface area contributed by atoms with Crippen LogP contribution in [-0.2, 0) is 12.1 Å². The molecule has 2 rings (SSSR count). The normalized spacial score (nSPS) is 11.9. The number of hydrogen-bond donors (Lipinski definition) is 1. The summed E-state index contributed by atoms with van der Waals surface area (Å²) in [7, 11) is 0. The van der Waals surface area contributed by atoms with Crippen molar-refractivity contribution in [1.29, 1.82) is 0 Å². The fraction of sp³-hybridized carbons (Fsp3) is 0.385. The molecule has 6 heteroatoms.